The normalized spacial score (nSPS) is 28.8. The average molecular weight is 272 g/mol. The maximum absolute atomic E-state index is 9.60. The predicted molar refractivity (Wildman–Crippen MR) is 80.7 cm³/mol. The van der Waals surface area contributed by atoms with E-state index in [0.717, 1.165) is 18.6 Å². The maximum Gasteiger partial charge on any atom is 0.119 e. The molecule has 0 radical (unpaired) electrons. The van der Waals surface area contributed by atoms with E-state index >= 15 is 0 Å². The third kappa shape index (κ3) is 2.81. The summed E-state index contributed by atoms with van der Waals surface area (Å²) in [6, 6.07) is 10.6. The molecule has 0 aliphatic heterocycles. The van der Waals surface area contributed by atoms with E-state index in [1.165, 1.54) is 5.56 Å². The van der Waals surface area contributed by atoms with Crippen molar-refractivity contribution in [2.45, 2.75) is 51.6 Å². The van der Waals surface area contributed by atoms with Gasteiger partial charge in [0, 0.05) is 11.0 Å². The number of nitriles is 1. The smallest absolute Gasteiger partial charge is 0.119 e. The fraction of sp³-hybridized carbons (Fsp3) is 0.588. The highest BCUT2D eigenvalue weighted by Gasteiger charge is 2.65. The second-order valence-electron chi connectivity index (χ2n) is 7.16. The molecule has 0 saturated heterocycles. The predicted octanol–water partition coefficient (Wildman–Crippen LogP) is 3.30. The van der Waals surface area contributed by atoms with Gasteiger partial charge < -0.3 is 4.74 Å². The van der Waals surface area contributed by atoms with Gasteiger partial charge in [-0.05, 0) is 51.3 Å². The van der Waals surface area contributed by atoms with Crippen LogP contribution in [-0.4, -0.2) is 18.2 Å². The molecule has 1 aliphatic rings. The Morgan fingerprint density at radius 1 is 1.40 bits per heavy atom. The van der Waals surface area contributed by atoms with Crippen LogP contribution in [0, 0.1) is 16.7 Å². The van der Waals surface area contributed by atoms with Crippen molar-refractivity contribution in [3.05, 3.63) is 29.8 Å². The molecule has 1 N–H and O–H groups in total. The Bertz CT molecular complexity index is 541. The molecule has 20 heavy (non-hydrogen) atoms. The van der Waals surface area contributed by atoms with E-state index in [0.29, 0.717) is 0 Å². The second-order valence-corrected chi connectivity index (χ2v) is 7.16. The van der Waals surface area contributed by atoms with Crippen molar-refractivity contribution in [2.75, 3.05) is 7.11 Å². The van der Waals surface area contributed by atoms with Crippen LogP contribution in [0.3, 0.4) is 0 Å². The monoisotopic (exact) mass is 272 g/mol. The summed E-state index contributed by atoms with van der Waals surface area (Å²) < 4.78 is 5.27. The fourth-order valence-corrected chi connectivity index (χ4v) is 3.03. The molecule has 1 aromatic carbocycles. The Hall–Kier alpha value is -1.53. The van der Waals surface area contributed by atoms with Crippen molar-refractivity contribution in [3.8, 4) is 11.8 Å². The number of ether oxygens (including phenoxy) is 1. The van der Waals surface area contributed by atoms with Crippen molar-refractivity contribution in [3.63, 3.8) is 0 Å². The molecule has 0 heterocycles. The molecule has 3 nitrogen and oxygen atoms in total. The van der Waals surface area contributed by atoms with Crippen LogP contribution in [0.1, 0.15) is 39.7 Å². The first-order valence-electron chi connectivity index (χ1n) is 7.07. The van der Waals surface area contributed by atoms with Gasteiger partial charge in [0.15, 0.2) is 0 Å². The molecule has 108 valence electrons. The van der Waals surface area contributed by atoms with Crippen LogP contribution in [0.2, 0.25) is 0 Å². The molecule has 1 fully saturated rings. The molecule has 2 atom stereocenters. The van der Waals surface area contributed by atoms with Crippen LogP contribution in [0.4, 0.5) is 0 Å². The summed E-state index contributed by atoms with van der Waals surface area (Å²) in [5.74, 6) is 0.873. The van der Waals surface area contributed by atoms with Gasteiger partial charge >= 0.3 is 0 Å². The van der Waals surface area contributed by atoms with Crippen LogP contribution in [-0.2, 0) is 6.42 Å². The van der Waals surface area contributed by atoms with Gasteiger partial charge in [-0.25, -0.2) is 0 Å². The second kappa shape index (κ2) is 4.79. The van der Waals surface area contributed by atoms with Crippen LogP contribution >= 0.6 is 0 Å². The van der Waals surface area contributed by atoms with E-state index in [-0.39, 0.29) is 11.0 Å². The van der Waals surface area contributed by atoms with Gasteiger partial charge in [0.2, 0.25) is 0 Å². The van der Waals surface area contributed by atoms with Crippen LogP contribution < -0.4 is 10.1 Å². The van der Waals surface area contributed by atoms with Gasteiger partial charge in [-0.3, -0.25) is 5.32 Å². The lowest BCUT2D eigenvalue weighted by molar-refractivity contribution is 0.333. The summed E-state index contributed by atoms with van der Waals surface area (Å²) in [7, 11) is 1.68. The highest BCUT2D eigenvalue weighted by molar-refractivity contribution is 5.37. The quantitative estimate of drug-likeness (QED) is 0.914. The third-order valence-corrected chi connectivity index (χ3v) is 4.07. The Morgan fingerprint density at radius 2 is 2.10 bits per heavy atom. The summed E-state index contributed by atoms with van der Waals surface area (Å²) in [4.78, 5) is 0. The summed E-state index contributed by atoms with van der Waals surface area (Å²) in [5.41, 5.74) is 0.747. The number of methoxy groups -OCH3 is 1. The fourth-order valence-electron chi connectivity index (χ4n) is 3.03. The minimum absolute atomic E-state index is 0.0125. The van der Waals surface area contributed by atoms with Crippen LogP contribution in [0.5, 0.6) is 5.75 Å². The molecule has 0 amide bonds. The number of hydrogen-bond donors (Lipinski definition) is 1. The van der Waals surface area contributed by atoms with E-state index in [2.05, 4.69) is 51.2 Å². The van der Waals surface area contributed by atoms with Crippen molar-refractivity contribution in [1.29, 1.82) is 5.26 Å². The van der Waals surface area contributed by atoms with Gasteiger partial charge in [0.25, 0.3) is 0 Å². The number of benzene rings is 1. The molecule has 1 aromatic rings. The van der Waals surface area contributed by atoms with Crippen LogP contribution in [0.15, 0.2) is 24.3 Å². The lowest BCUT2D eigenvalue weighted by Gasteiger charge is -2.28. The van der Waals surface area contributed by atoms with Crippen molar-refractivity contribution in [2.24, 2.45) is 5.41 Å². The molecular formula is C17H24N2O. The highest BCUT2D eigenvalue weighted by Crippen LogP contribution is 2.58. The van der Waals surface area contributed by atoms with Gasteiger partial charge in [-0.15, -0.1) is 0 Å². The van der Waals surface area contributed by atoms with Crippen molar-refractivity contribution >= 4 is 0 Å². The van der Waals surface area contributed by atoms with E-state index in [1.54, 1.807) is 7.11 Å². The van der Waals surface area contributed by atoms with Gasteiger partial charge in [-0.1, -0.05) is 19.1 Å². The number of rotatable bonds is 4. The van der Waals surface area contributed by atoms with Gasteiger partial charge in [0.05, 0.1) is 13.2 Å². The zero-order chi connectivity index (χ0) is 15.0. The topological polar surface area (TPSA) is 45.0 Å². The van der Waals surface area contributed by atoms with E-state index < -0.39 is 5.54 Å². The highest BCUT2D eigenvalue weighted by atomic mass is 16.5. The Labute approximate surface area is 121 Å². The first-order chi connectivity index (χ1) is 9.24. The first kappa shape index (κ1) is 14.9. The molecule has 0 spiro atoms. The standard InChI is InChI=1S/C17H24N2O/c1-15(2,3)19-17(12-18)11-16(17,4)10-13-7-6-8-14(9-13)20-5/h6-9,19H,10-11H2,1-5H3/t16-,17-/m0/s1. The molecule has 0 bridgehead atoms. The number of hydrogen-bond acceptors (Lipinski definition) is 3. The first-order valence-corrected chi connectivity index (χ1v) is 7.07. The lowest BCUT2D eigenvalue weighted by Crippen LogP contribution is -2.47. The molecule has 3 heteroatoms. The Kier molecular flexibility index (Phi) is 3.56. The zero-order valence-electron chi connectivity index (χ0n) is 13.1. The minimum atomic E-state index is -0.408. The molecule has 0 unspecified atom stereocenters. The van der Waals surface area contributed by atoms with Crippen molar-refractivity contribution < 1.29 is 4.74 Å². The van der Waals surface area contributed by atoms with Gasteiger partial charge in [-0.2, -0.15) is 5.26 Å². The Balaban J connectivity index is 2.16. The summed E-state index contributed by atoms with van der Waals surface area (Å²) in [6.07, 6.45) is 1.78. The van der Waals surface area contributed by atoms with E-state index in [4.69, 9.17) is 4.74 Å². The largest absolute Gasteiger partial charge is 0.497 e. The number of nitrogens with one attached hydrogen (secondary N) is 1. The van der Waals surface area contributed by atoms with E-state index in [9.17, 15) is 5.26 Å². The Morgan fingerprint density at radius 3 is 2.65 bits per heavy atom. The SMILES string of the molecule is COc1cccc(C[C@@]2(C)C[C@@]2(C#N)NC(C)(C)C)c1. The lowest BCUT2D eigenvalue weighted by atomic mass is 9.92. The maximum atomic E-state index is 9.60. The van der Waals surface area contributed by atoms with Crippen molar-refractivity contribution in [1.82, 2.24) is 5.32 Å². The molecular weight excluding hydrogens is 248 g/mol. The summed E-state index contributed by atoms with van der Waals surface area (Å²) in [6.45, 7) is 8.51. The van der Waals surface area contributed by atoms with Crippen LogP contribution in [0.25, 0.3) is 0 Å². The third-order valence-electron chi connectivity index (χ3n) is 4.07. The molecule has 0 aromatic heterocycles. The molecule has 1 saturated carbocycles. The summed E-state index contributed by atoms with van der Waals surface area (Å²) in [5, 5.41) is 13.1. The zero-order valence-corrected chi connectivity index (χ0v) is 13.1. The van der Waals surface area contributed by atoms with Gasteiger partial charge in [0.1, 0.15) is 11.3 Å². The molecule has 1 aliphatic carbocycles. The summed E-state index contributed by atoms with van der Waals surface area (Å²) >= 11 is 0. The minimum Gasteiger partial charge on any atom is -0.497 e. The average Bonchev–Trinajstić information content (AvgIpc) is 2.91. The number of nitrogens with zero attached hydrogens (tertiary/aromatic N) is 1. The molecule has 2 rings (SSSR count). The van der Waals surface area contributed by atoms with E-state index in [1.807, 2.05) is 12.1 Å².